The molecule has 9 unspecified atom stereocenters. The second kappa shape index (κ2) is 7.30. The number of aliphatic hydroxyl groups is 3. The molecular weight excluding hydrogens is 380 g/mol. The molecule has 4 fully saturated rings. The van der Waals surface area contributed by atoms with Gasteiger partial charge in [-0.15, -0.1) is 0 Å². The van der Waals surface area contributed by atoms with Gasteiger partial charge in [-0.3, -0.25) is 0 Å². The van der Waals surface area contributed by atoms with Crippen molar-refractivity contribution in [3.05, 3.63) is 0 Å². The molecule has 0 bridgehead atoms. The number of hydrogen-bond donors (Lipinski definition) is 3. The second-order valence-electron chi connectivity index (χ2n) is 12.6. The van der Waals surface area contributed by atoms with E-state index in [-0.39, 0.29) is 34.5 Å². The third-order valence-corrected chi connectivity index (χ3v) is 14.8. The highest BCUT2D eigenvalue weighted by atomic mass is 28.4. The van der Waals surface area contributed by atoms with Crippen LogP contribution in [0.4, 0.5) is 0 Å². The summed E-state index contributed by atoms with van der Waals surface area (Å²) in [5, 5.41) is 33.2. The molecule has 4 aliphatic carbocycles. The van der Waals surface area contributed by atoms with E-state index in [2.05, 4.69) is 40.8 Å². The molecule has 0 aromatic rings. The molecule has 0 aromatic carbocycles. The van der Waals surface area contributed by atoms with Gasteiger partial charge in [-0.1, -0.05) is 27.7 Å². The van der Waals surface area contributed by atoms with E-state index in [4.69, 9.17) is 4.43 Å². The molecule has 4 saturated carbocycles. The van der Waals surface area contributed by atoms with Crippen molar-refractivity contribution in [2.75, 3.05) is 0 Å². The lowest BCUT2D eigenvalue weighted by atomic mass is 9.49. The zero-order valence-electron chi connectivity index (χ0n) is 19.4. The molecule has 4 rings (SSSR count). The lowest BCUT2D eigenvalue weighted by molar-refractivity contribution is -0.191. The maximum absolute atomic E-state index is 11.2. The lowest BCUT2D eigenvalue weighted by Gasteiger charge is -2.59. The summed E-state index contributed by atoms with van der Waals surface area (Å²) in [6.45, 7) is 13.7. The minimum absolute atomic E-state index is 0.0721. The van der Waals surface area contributed by atoms with Gasteiger partial charge in [0.2, 0.25) is 0 Å². The fourth-order valence-electron chi connectivity index (χ4n) is 7.48. The fourth-order valence-corrected chi connectivity index (χ4v) is 8.88. The molecule has 0 heterocycles. The first kappa shape index (κ1) is 22.3. The average Bonchev–Trinajstić information content (AvgIpc) is 2.93. The summed E-state index contributed by atoms with van der Waals surface area (Å²) >= 11 is 0. The van der Waals surface area contributed by atoms with Gasteiger partial charge in [0.05, 0.1) is 18.3 Å². The van der Waals surface area contributed by atoms with Crippen LogP contribution in [0.3, 0.4) is 0 Å². The van der Waals surface area contributed by atoms with Crippen LogP contribution >= 0.6 is 0 Å². The van der Waals surface area contributed by atoms with Crippen molar-refractivity contribution in [2.24, 2.45) is 35.0 Å². The molecule has 29 heavy (non-hydrogen) atoms. The van der Waals surface area contributed by atoms with Gasteiger partial charge >= 0.3 is 0 Å². The van der Waals surface area contributed by atoms with Gasteiger partial charge in [0.1, 0.15) is 0 Å². The summed E-state index contributed by atoms with van der Waals surface area (Å²) in [4.78, 5) is 0. The Morgan fingerprint density at radius 2 is 1.55 bits per heavy atom. The van der Waals surface area contributed by atoms with E-state index in [9.17, 15) is 15.3 Å². The molecule has 168 valence electrons. The number of aliphatic hydroxyl groups excluding tert-OH is 3. The minimum Gasteiger partial charge on any atom is -0.414 e. The van der Waals surface area contributed by atoms with Crippen LogP contribution in [0.5, 0.6) is 0 Å². The Labute approximate surface area is 178 Å². The van der Waals surface area contributed by atoms with Crippen LogP contribution in [-0.2, 0) is 4.43 Å². The van der Waals surface area contributed by atoms with Crippen molar-refractivity contribution in [1.29, 1.82) is 0 Å². The molecule has 0 amide bonds. The quantitative estimate of drug-likeness (QED) is 0.577. The zero-order chi connectivity index (χ0) is 21.4. The third kappa shape index (κ3) is 3.47. The molecule has 4 nitrogen and oxygen atoms in total. The first-order valence-corrected chi connectivity index (χ1v) is 15.0. The molecule has 5 heteroatoms. The van der Waals surface area contributed by atoms with Crippen LogP contribution < -0.4 is 0 Å². The predicted octanol–water partition coefficient (Wildman–Crippen LogP) is 4.33. The molecule has 0 aromatic heterocycles. The van der Waals surface area contributed by atoms with E-state index in [0.29, 0.717) is 17.8 Å². The third-order valence-electron chi connectivity index (χ3n) is 10.2. The van der Waals surface area contributed by atoms with Gasteiger partial charge in [-0.05, 0) is 98.1 Å². The van der Waals surface area contributed by atoms with Crippen molar-refractivity contribution >= 4 is 8.32 Å². The topological polar surface area (TPSA) is 69.9 Å². The molecule has 3 N–H and O–H groups in total. The molecule has 0 saturated heterocycles. The van der Waals surface area contributed by atoms with E-state index in [1.807, 2.05) is 0 Å². The molecule has 4 aliphatic rings. The van der Waals surface area contributed by atoms with Gasteiger partial charge < -0.3 is 19.7 Å². The van der Waals surface area contributed by atoms with Gasteiger partial charge in [-0.25, -0.2) is 0 Å². The van der Waals surface area contributed by atoms with E-state index in [1.54, 1.807) is 0 Å². The average molecular weight is 425 g/mol. The van der Waals surface area contributed by atoms with Gasteiger partial charge in [-0.2, -0.15) is 0 Å². The Morgan fingerprint density at radius 1 is 0.862 bits per heavy atom. The van der Waals surface area contributed by atoms with Crippen molar-refractivity contribution in [3.63, 3.8) is 0 Å². The molecule has 10 atom stereocenters. The Morgan fingerprint density at radius 3 is 2.21 bits per heavy atom. The number of rotatable bonds is 2. The Kier molecular flexibility index (Phi) is 5.60. The van der Waals surface area contributed by atoms with Crippen LogP contribution in [0.25, 0.3) is 0 Å². The van der Waals surface area contributed by atoms with Gasteiger partial charge in [0, 0.05) is 6.10 Å². The van der Waals surface area contributed by atoms with Crippen molar-refractivity contribution in [3.8, 4) is 0 Å². The summed E-state index contributed by atoms with van der Waals surface area (Å²) in [6.07, 6.45) is 5.77. The van der Waals surface area contributed by atoms with Crippen molar-refractivity contribution < 1.29 is 19.7 Å². The highest BCUT2D eigenvalue weighted by Gasteiger charge is 2.61. The smallest absolute Gasteiger partial charge is 0.192 e. The maximum atomic E-state index is 11.2. The summed E-state index contributed by atoms with van der Waals surface area (Å²) in [7, 11) is -1.83. The standard InChI is InChI=1S/C24H44O4Si/c1-23(2,3)29(5,6)28-14-7-8-15-16-11-12-24(4)18(9-10-19(24)25)20(16)22(27)21(26)17(15)13-14/h14-22,25-27H,7-13H2,1-6H3/t14?,15?,16?,17?,18?,19?,20?,21?,22?,24-/m0/s1. The van der Waals surface area contributed by atoms with E-state index >= 15 is 0 Å². The van der Waals surface area contributed by atoms with Crippen LogP contribution in [0, 0.1) is 35.0 Å². The molecule has 0 spiro atoms. The Bertz CT molecular complexity index is 616. The largest absolute Gasteiger partial charge is 0.414 e. The normalized spacial score (nSPS) is 50.6. The van der Waals surface area contributed by atoms with E-state index in [0.717, 1.165) is 44.9 Å². The Hall–Kier alpha value is 0.0569. The SMILES string of the molecule is CC(C)(C)[Si](C)(C)OC1CCC2C(C1)C(O)C(O)C1C2CC[C@]2(C)C(O)CCC12. The highest BCUT2D eigenvalue weighted by molar-refractivity contribution is 6.74. The predicted molar refractivity (Wildman–Crippen MR) is 118 cm³/mol. The summed E-state index contributed by atoms with van der Waals surface area (Å²) in [6, 6.07) is 0. The monoisotopic (exact) mass is 424 g/mol. The molecule has 0 aliphatic heterocycles. The minimum atomic E-state index is -1.83. The van der Waals surface area contributed by atoms with E-state index in [1.165, 1.54) is 0 Å². The zero-order valence-corrected chi connectivity index (χ0v) is 20.4. The molecule has 0 radical (unpaired) electrons. The Balaban J connectivity index is 1.52. The summed E-state index contributed by atoms with van der Waals surface area (Å²) in [5.41, 5.74) is -0.0721. The van der Waals surface area contributed by atoms with Gasteiger partial charge in [0.15, 0.2) is 8.32 Å². The molecular formula is C24H44O4Si. The number of hydrogen-bond acceptors (Lipinski definition) is 4. The van der Waals surface area contributed by atoms with Crippen molar-refractivity contribution in [2.45, 2.75) is 115 Å². The summed E-state index contributed by atoms with van der Waals surface area (Å²) in [5.74, 6) is 1.66. The van der Waals surface area contributed by atoms with E-state index < -0.39 is 20.5 Å². The van der Waals surface area contributed by atoms with Crippen LogP contribution in [0.15, 0.2) is 0 Å². The first-order chi connectivity index (χ1) is 13.4. The second-order valence-corrected chi connectivity index (χ2v) is 17.4. The van der Waals surface area contributed by atoms with Gasteiger partial charge in [0.25, 0.3) is 0 Å². The van der Waals surface area contributed by atoms with Crippen LogP contribution in [-0.4, -0.2) is 48.1 Å². The first-order valence-electron chi connectivity index (χ1n) is 12.1. The summed E-state index contributed by atoms with van der Waals surface area (Å²) < 4.78 is 6.72. The van der Waals surface area contributed by atoms with Crippen LogP contribution in [0.2, 0.25) is 18.1 Å². The lowest BCUT2D eigenvalue weighted by Crippen LogP contribution is -2.61. The highest BCUT2D eigenvalue weighted by Crippen LogP contribution is 2.62. The fraction of sp³-hybridized carbons (Fsp3) is 1.00. The van der Waals surface area contributed by atoms with Crippen molar-refractivity contribution in [1.82, 2.24) is 0 Å². The maximum Gasteiger partial charge on any atom is 0.192 e. The van der Waals surface area contributed by atoms with Crippen LogP contribution in [0.1, 0.15) is 72.6 Å². The number of fused-ring (bicyclic) bond motifs is 5.